The number of allylic oxidation sites excluding steroid dienone is 4. The molecule has 0 aromatic rings. The van der Waals surface area contributed by atoms with Crippen LogP contribution in [-0.2, 0) is 19.5 Å². The van der Waals surface area contributed by atoms with Crippen LogP contribution < -0.4 is 4.70 Å². The summed E-state index contributed by atoms with van der Waals surface area (Å²) in [4.78, 5) is 0. The zero-order valence-electron chi connectivity index (χ0n) is 37.8. The second kappa shape index (κ2) is 30.4. The van der Waals surface area contributed by atoms with E-state index in [0.29, 0.717) is 15.5 Å². The first-order valence-corrected chi connectivity index (χ1v) is 26.9. The van der Waals surface area contributed by atoms with E-state index < -0.39 is 21.8 Å². The molecule has 14 heteroatoms. The molecule has 320 valence electrons. The molecule has 0 N–H and O–H groups in total. The van der Waals surface area contributed by atoms with Crippen LogP contribution in [0.2, 0.25) is 0 Å². The van der Waals surface area contributed by atoms with Gasteiger partial charge in [-0.1, -0.05) is 31.7 Å². The van der Waals surface area contributed by atoms with Crippen molar-refractivity contribution < 1.29 is 37.1 Å². The van der Waals surface area contributed by atoms with Gasteiger partial charge in [0, 0.05) is 36.8 Å². The Hall–Kier alpha value is 2.32. The van der Waals surface area contributed by atoms with E-state index in [-0.39, 0.29) is 77.8 Å². The summed E-state index contributed by atoms with van der Waals surface area (Å²) in [7, 11) is -7.10. The minimum Gasteiger partial charge on any atom is -1.00 e. The molecule has 0 fully saturated rings. The molecule has 0 saturated heterocycles. The van der Waals surface area contributed by atoms with Crippen molar-refractivity contribution in [2.24, 2.45) is 0 Å². The number of hydrogen-bond donors (Lipinski definition) is 0. The fourth-order valence-electron chi connectivity index (χ4n) is 5.65. The summed E-state index contributed by atoms with van der Waals surface area (Å²) in [5.41, 5.74) is 0. The summed E-state index contributed by atoms with van der Waals surface area (Å²) in [5.74, 6) is 2.69. The van der Waals surface area contributed by atoms with E-state index in [1.165, 1.54) is 31.6 Å². The van der Waals surface area contributed by atoms with Crippen LogP contribution in [-0.4, -0.2) is 76.4 Å². The van der Waals surface area contributed by atoms with Crippen LogP contribution in [0.4, 0.5) is 12.9 Å². The van der Waals surface area contributed by atoms with Gasteiger partial charge in [-0.3, -0.25) is 12.9 Å². The monoisotopic (exact) mass is 962 g/mol. The van der Waals surface area contributed by atoms with E-state index in [2.05, 4.69) is 162 Å². The van der Waals surface area contributed by atoms with Crippen LogP contribution in [0.5, 0.6) is 0 Å². The predicted octanol–water partition coefficient (Wildman–Crippen LogP) is 14.0. The first-order chi connectivity index (χ1) is 21.1. The standard InChI is InChI=1S/C14H32B2Cl2P2.C14H32P2.C8H12.CH4.2CH3.BF3.FH.Rh/c1-12(2,3)19(10,15-17)11-20(16-18,13(4,5)6)14(7,8)9;1-12(2,3)15(10)11-16(13(4,5)6)14(7,8)9;1-2-4-6-8-7-5-3-1;;;;2-1(3)4;;/h11H2,1-10H3;11H2,1-10H3;1-2,7-8H,3-6H2;1H4;2*1H3;;1H;/q+2;;;;2*-1;;;+3/p+1/b;;2-1-,8-7?;;;;;;. The minimum absolute atomic E-state index is 0. The maximum Gasteiger partial charge on any atom is 3.00 e. The van der Waals surface area contributed by atoms with Crippen LogP contribution in [0.15, 0.2) is 24.3 Å². The Labute approximate surface area is 361 Å². The third-order valence-electron chi connectivity index (χ3n) is 9.69. The number of rotatable bonds is 6. The van der Waals surface area contributed by atoms with Crippen molar-refractivity contribution in [3.05, 3.63) is 39.2 Å². The molecule has 0 aromatic carbocycles. The molecule has 0 nitrogen and oxygen atoms in total. The fraction of sp³-hybridized carbons (Fsp3) is 0.846. The maximum absolute atomic E-state index is 9.67. The quantitative estimate of drug-likeness (QED) is 0.0818. The van der Waals surface area contributed by atoms with Crippen LogP contribution in [0.3, 0.4) is 0 Å². The molecule has 2 radical (unpaired) electrons. The molecule has 53 heavy (non-hydrogen) atoms. The minimum atomic E-state index is -3.67. The molecule has 0 aliphatic heterocycles. The van der Waals surface area contributed by atoms with Gasteiger partial charge in [0.15, 0.2) is 5.90 Å². The van der Waals surface area contributed by atoms with Crippen LogP contribution in [0.1, 0.15) is 158 Å². The predicted molar refractivity (Wildman–Crippen MR) is 259 cm³/mol. The van der Waals surface area contributed by atoms with Gasteiger partial charge in [-0.05, 0) is 150 Å². The largest absolute Gasteiger partial charge is 3.00 e. The summed E-state index contributed by atoms with van der Waals surface area (Å²) >= 11 is 12.8. The molecule has 2 unspecified atom stereocenters. The van der Waals surface area contributed by atoms with E-state index in [4.69, 9.17) is 22.9 Å². The summed E-state index contributed by atoms with van der Waals surface area (Å²) in [6.07, 6.45) is 18.0. The van der Waals surface area contributed by atoms with Gasteiger partial charge in [-0.25, -0.2) is 0 Å². The molecule has 0 bridgehead atoms. The molecule has 0 saturated carbocycles. The Morgan fingerprint density at radius 1 is 0.604 bits per heavy atom. The molecule has 1 aliphatic carbocycles. The molecule has 0 heterocycles. The summed E-state index contributed by atoms with van der Waals surface area (Å²) in [6.45, 7) is 47.9. The van der Waals surface area contributed by atoms with E-state index >= 15 is 0 Å². The molecule has 2 atom stereocenters. The van der Waals surface area contributed by atoms with Crippen molar-refractivity contribution in [1.82, 2.24) is 0 Å². The van der Waals surface area contributed by atoms with Gasteiger partial charge in [-0.15, -0.1) is 22.9 Å². The van der Waals surface area contributed by atoms with E-state index in [9.17, 15) is 12.9 Å². The van der Waals surface area contributed by atoms with E-state index in [0.717, 1.165) is 5.90 Å². The second-order valence-electron chi connectivity index (χ2n) is 19.5. The molecular formula is C39H88B3Cl2F4P4Rh+4. The van der Waals surface area contributed by atoms with Gasteiger partial charge in [0.25, 0.3) is 0 Å². The fourth-order valence-corrected chi connectivity index (χ4v) is 32.3. The van der Waals surface area contributed by atoms with Crippen LogP contribution >= 0.6 is 53.0 Å². The van der Waals surface area contributed by atoms with Gasteiger partial charge in [-0.2, -0.15) is 0 Å². The molecule has 1 rings (SSSR count). The summed E-state index contributed by atoms with van der Waals surface area (Å²) in [6, 6.07) is 0. The summed E-state index contributed by atoms with van der Waals surface area (Å²) in [5, 5.41) is 2.21. The average molecular weight is 963 g/mol. The Morgan fingerprint density at radius 2 is 0.868 bits per heavy atom. The Kier molecular flexibility index (Phi) is 41.8. The van der Waals surface area contributed by atoms with E-state index in [1.54, 1.807) is 0 Å². The molecule has 1 aliphatic rings. The third-order valence-corrected chi connectivity index (χ3v) is 34.5. The molecule has 0 amide bonds. The third kappa shape index (κ3) is 29.2. The SMILES string of the molecule is C.C1=CCC/C=C\CC1.CC(C)(C)[P+](C)([B]Cl)C[P+]([B]Cl)(C(C)(C)C)C(C)(C)C.C[PH+](C[PH+](C(C)(C)C)C(C)(C)C)C(C)(C)C.FB(F)F.[CH3-].[CH3-].[F-].[Rh+3]. The van der Waals surface area contributed by atoms with Crippen molar-refractivity contribution in [2.75, 3.05) is 25.1 Å². The van der Waals surface area contributed by atoms with Crippen molar-refractivity contribution in [2.45, 2.75) is 189 Å². The smallest absolute Gasteiger partial charge is 1.00 e. The van der Waals surface area contributed by atoms with Gasteiger partial charge in [0.2, 0.25) is 0 Å². The van der Waals surface area contributed by atoms with Gasteiger partial charge in [0.1, 0.15) is 5.90 Å². The Bertz CT molecular complexity index is 883. The molecular weight excluding hydrogens is 875 g/mol. The number of hydrogen-bond acceptors (Lipinski definition) is 0. The van der Waals surface area contributed by atoms with Crippen molar-refractivity contribution in [1.29, 1.82) is 0 Å². The summed E-state index contributed by atoms with van der Waals surface area (Å²) < 4.78 is 29.0. The molecule has 0 spiro atoms. The van der Waals surface area contributed by atoms with Crippen molar-refractivity contribution in [3.8, 4) is 0 Å². The average Bonchev–Trinajstić information content (AvgIpc) is 2.81. The van der Waals surface area contributed by atoms with Gasteiger partial charge >= 0.3 is 39.9 Å². The van der Waals surface area contributed by atoms with Crippen LogP contribution in [0.25, 0.3) is 0 Å². The van der Waals surface area contributed by atoms with Crippen molar-refractivity contribution in [3.63, 3.8) is 0 Å². The van der Waals surface area contributed by atoms with Gasteiger partial charge in [0.05, 0.1) is 37.6 Å². The zero-order chi connectivity index (χ0) is 39.2. The first kappa shape index (κ1) is 72.9. The first-order valence-electron chi connectivity index (χ1n) is 17.6. The normalized spacial score (nSPS) is 15.8. The Morgan fingerprint density at radius 3 is 1.02 bits per heavy atom. The second-order valence-corrected chi connectivity index (χ2v) is 38.9. The zero-order valence-corrected chi connectivity index (χ0v) is 44.7. The maximum atomic E-state index is 9.67. The van der Waals surface area contributed by atoms with Crippen molar-refractivity contribution >= 4 is 73.4 Å². The van der Waals surface area contributed by atoms with Crippen LogP contribution in [0, 0.1) is 14.9 Å². The number of halogens is 6. The van der Waals surface area contributed by atoms with E-state index in [1.807, 2.05) is 12.8 Å². The molecule has 0 aromatic heterocycles. The van der Waals surface area contributed by atoms with Gasteiger partial charge < -0.3 is 19.6 Å². The Balaban J connectivity index is -0.0000000915. The topological polar surface area (TPSA) is 0 Å².